The number of nitrogens with zero attached hydrogens (tertiary/aromatic N) is 1. The summed E-state index contributed by atoms with van der Waals surface area (Å²) in [5.41, 5.74) is 1.72. The largest absolute Gasteiger partial charge is 0.312 e. The molecule has 0 fully saturated rings. The molecule has 0 unspecified atom stereocenters. The molecule has 1 aromatic rings. The molecule has 0 bridgehead atoms. The Morgan fingerprint density at radius 2 is 2.25 bits per heavy atom. The highest BCUT2D eigenvalue weighted by atomic mass is 32.2. The number of anilines is 1. The molecule has 5 nitrogen and oxygen atoms in total. The molecule has 1 heterocycles. The highest BCUT2D eigenvalue weighted by Gasteiger charge is 2.25. The Hall–Kier alpha value is -1.66. The van der Waals surface area contributed by atoms with Crippen molar-refractivity contribution in [3.8, 4) is 0 Å². The topological polar surface area (TPSA) is 66.5 Å². The SMILES string of the molecule is C=CCNS(=O)(=O)c1ccc2c(c1)CCN2C(=O)CC. The monoisotopic (exact) mass is 294 g/mol. The zero-order valence-corrected chi connectivity index (χ0v) is 12.2. The van der Waals surface area contributed by atoms with E-state index in [-0.39, 0.29) is 17.3 Å². The third-order valence-corrected chi connectivity index (χ3v) is 4.70. The fourth-order valence-electron chi connectivity index (χ4n) is 2.25. The smallest absolute Gasteiger partial charge is 0.240 e. The van der Waals surface area contributed by atoms with Gasteiger partial charge in [-0.2, -0.15) is 0 Å². The number of amides is 1. The lowest BCUT2D eigenvalue weighted by molar-refractivity contribution is -0.118. The summed E-state index contributed by atoms with van der Waals surface area (Å²) < 4.78 is 26.5. The van der Waals surface area contributed by atoms with E-state index in [1.807, 2.05) is 6.92 Å². The maximum Gasteiger partial charge on any atom is 0.240 e. The lowest BCUT2D eigenvalue weighted by Crippen LogP contribution is -2.27. The van der Waals surface area contributed by atoms with Crippen molar-refractivity contribution in [2.75, 3.05) is 18.0 Å². The van der Waals surface area contributed by atoms with Crippen LogP contribution in [0.2, 0.25) is 0 Å². The summed E-state index contributed by atoms with van der Waals surface area (Å²) in [6.45, 7) is 6.11. The highest BCUT2D eigenvalue weighted by molar-refractivity contribution is 7.89. The van der Waals surface area contributed by atoms with E-state index in [1.165, 1.54) is 12.1 Å². The fraction of sp³-hybridized carbons (Fsp3) is 0.357. The Balaban J connectivity index is 2.31. The van der Waals surface area contributed by atoms with Crippen molar-refractivity contribution >= 4 is 21.6 Å². The summed E-state index contributed by atoms with van der Waals surface area (Å²) in [5.74, 6) is 0.0594. The van der Waals surface area contributed by atoms with Gasteiger partial charge in [0.2, 0.25) is 15.9 Å². The summed E-state index contributed by atoms with van der Waals surface area (Å²) in [6, 6.07) is 4.88. The van der Waals surface area contributed by atoms with Gasteiger partial charge in [0.1, 0.15) is 0 Å². The predicted molar refractivity (Wildman–Crippen MR) is 78.2 cm³/mol. The van der Waals surface area contributed by atoms with E-state index in [1.54, 1.807) is 17.0 Å². The second-order valence-electron chi connectivity index (χ2n) is 4.58. The number of hydrogen-bond donors (Lipinski definition) is 1. The van der Waals surface area contributed by atoms with Gasteiger partial charge in [-0.3, -0.25) is 4.79 Å². The number of nitrogens with one attached hydrogen (secondary N) is 1. The number of sulfonamides is 1. The number of carbonyl (C=O) groups excluding carboxylic acids is 1. The molecule has 0 spiro atoms. The van der Waals surface area contributed by atoms with Crippen molar-refractivity contribution in [1.82, 2.24) is 4.72 Å². The summed E-state index contributed by atoms with van der Waals surface area (Å²) in [7, 11) is -3.51. The summed E-state index contributed by atoms with van der Waals surface area (Å²) in [5, 5.41) is 0. The second kappa shape index (κ2) is 5.76. The van der Waals surface area contributed by atoms with Crippen LogP contribution in [-0.4, -0.2) is 27.4 Å². The van der Waals surface area contributed by atoms with Crippen LogP contribution >= 0.6 is 0 Å². The number of benzene rings is 1. The average molecular weight is 294 g/mol. The van der Waals surface area contributed by atoms with Crippen LogP contribution in [0.3, 0.4) is 0 Å². The summed E-state index contributed by atoms with van der Waals surface area (Å²) in [6.07, 6.45) is 2.62. The van der Waals surface area contributed by atoms with E-state index in [2.05, 4.69) is 11.3 Å². The van der Waals surface area contributed by atoms with Gasteiger partial charge in [-0.15, -0.1) is 6.58 Å². The third-order valence-electron chi connectivity index (χ3n) is 3.28. The van der Waals surface area contributed by atoms with Crippen molar-refractivity contribution < 1.29 is 13.2 Å². The molecule has 0 radical (unpaired) electrons. The number of hydrogen-bond acceptors (Lipinski definition) is 3. The van der Waals surface area contributed by atoms with Crippen molar-refractivity contribution in [3.05, 3.63) is 36.4 Å². The molecule has 0 aromatic heterocycles. The minimum atomic E-state index is -3.51. The number of fused-ring (bicyclic) bond motifs is 1. The van der Waals surface area contributed by atoms with E-state index in [4.69, 9.17) is 0 Å². The van der Waals surface area contributed by atoms with Gasteiger partial charge in [0, 0.05) is 25.2 Å². The molecular formula is C14H18N2O3S. The van der Waals surface area contributed by atoms with Crippen molar-refractivity contribution in [3.63, 3.8) is 0 Å². The zero-order chi connectivity index (χ0) is 14.8. The van der Waals surface area contributed by atoms with Crippen LogP contribution in [0.25, 0.3) is 0 Å². The molecule has 2 rings (SSSR count). The first kappa shape index (κ1) is 14.7. The van der Waals surface area contributed by atoms with Gasteiger partial charge in [0.25, 0.3) is 0 Å². The van der Waals surface area contributed by atoms with Crippen LogP contribution in [0.5, 0.6) is 0 Å². The Bertz CT molecular complexity index is 638. The minimum absolute atomic E-state index is 0.0594. The molecule has 20 heavy (non-hydrogen) atoms. The molecular weight excluding hydrogens is 276 g/mol. The molecule has 0 atom stereocenters. The Morgan fingerprint density at radius 3 is 2.90 bits per heavy atom. The average Bonchev–Trinajstić information content (AvgIpc) is 2.87. The first-order valence-corrected chi connectivity index (χ1v) is 8.01. The van der Waals surface area contributed by atoms with Gasteiger partial charge in [-0.05, 0) is 30.2 Å². The standard InChI is InChI=1S/C14H18N2O3S/c1-3-8-15-20(18,19)12-5-6-13-11(10-12)7-9-16(13)14(17)4-2/h3,5-6,10,15H,1,4,7-9H2,2H3. The van der Waals surface area contributed by atoms with Crippen molar-refractivity contribution in [2.45, 2.75) is 24.7 Å². The molecule has 108 valence electrons. The quantitative estimate of drug-likeness (QED) is 0.836. The van der Waals surface area contributed by atoms with Crippen LogP contribution in [0.4, 0.5) is 5.69 Å². The first-order chi connectivity index (χ1) is 9.49. The van der Waals surface area contributed by atoms with Gasteiger partial charge < -0.3 is 4.90 Å². The molecule has 1 N–H and O–H groups in total. The molecule has 0 saturated heterocycles. The molecule has 6 heteroatoms. The van der Waals surface area contributed by atoms with Crippen LogP contribution in [-0.2, 0) is 21.2 Å². The number of carbonyl (C=O) groups is 1. The highest BCUT2D eigenvalue weighted by Crippen LogP contribution is 2.30. The molecule has 1 amide bonds. The van der Waals surface area contributed by atoms with Crippen LogP contribution in [0, 0.1) is 0 Å². The molecule has 1 aliphatic heterocycles. The minimum Gasteiger partial charge on any atom is -0.312 e. The maximum absolute atomic E-state index is 12.0. The van der Waals surface area contributed by atoms with Crippen LogP contribution in [0.1, 0.15) is 18.9 Å². The third kappa shape index (κ3) is 2.76. The zero-order valence-electron chi connectivity index (χ0n) is 11.4. The van der Waals surface area contributed by atoms with E-state index in [0.717, 1.165) is 11.3 Å². The van der Waals surface area contributed by atoms with E-state index in [9.17, 15) is 13.2 Å². The van der Waals surface area contributed by atoms with Gasteiger partial charge in [0.15, 0.2) is 0 Å². The Kier molecular flexibility index (Phi) is 4.25. The van der Waals surface area contributed by atoms with Crippen molar-refractivity contribution in [2.24, 2.45) is 0 Å². The molecule has 1 aliphatic rings. The molecule has 0 saturated carbocycles. The summed E-state index contributed by atoms with van der Waals surface area (Å²) >= 11 is 0. The normalized spacial score (nSPS) is 14.2. The Labute approximate surface area is 119 Å². The Morgan fingerprint density at radius 1 is 1.50 bits per heavy atom. The van der Waals surface area contributed by atoms with Gasteiger partial charge in [-0.25, -0.2) is 13.1 Å². The van der Waals surface area contributed by atoms with Gasteiger partial charge >= 0.3 is 0 Å². The lowest BCUT2D eigenvalue weighted by Gasteiger charge is -2.16. The van der Waals surface area contributed by atoms with Crippen LogP contribution in [0.15, 0.2) is 35.7 Å². The predicted octanol–water partition coefficient (Wildman–Crippen LogP) is 1.45. The molecule has 0 aliphatic carbocycles. The van der Waals surface area contributed by atoms with Crippen LogP contribution < -0.4 is 9.62 Å². The van der Waals surface area contributed by atoms with Crippen molar-refractivity contribution in [1.29, 1.82) is 0 Å². The lowest BCUT2D eigenvalue weighted by atomic mass is 10.2. The first-order valence-electron chi connectivity index (χ1n) is 6.53. The fourth-order valence-corrected chi connectivity index (χ4v) is 3.30. The second-order valence-corrected chi connectivity index (χ2v) is 6.35. The number of rotatable bonds is 5. The molecule has 1 aromatic carbocycles. The van der Waals surface area contributed by atoms with E-state index in [0.29, 0.717) is 19.4 Å². The summed E-state index contributed by atoms with van der Waals surface area (Å²) in [4.78, 5) is 13.7. The van der Waals surface area contributed by atoms with Gasteiger partial charge in [0.05, 0.1) is 4.90 Å². The van der Waals surface area contributed by atoms with E-state index >= 15 is 0 Å². The maximum atomic E-state index is 12.0. The van der Waals surface area contributed by atoms with Gasteiger partial charge in [-0.1, -0.05) is 13.0 Å². The van der Waals surface area contributed by atoms with E-state index < -0.39 is 10.0 Å².